The standard InChI is InChI=1S/C15H21NO/c1-17-13-6-3-2-5-12(13)15(11-16)9-14(10-15)7-4-8-14/h2-3,5-6H,4,7-11,16H2,1H3. The summed E-state index contributed by atoms with van der Waals surface area (Å²) in [5, 5.41) is 0. The van der Waals surface area contributed by atoms with E-state index < -0.39 is 0 Å². The first-order valence-corrected chi connectivity index (χ1v) is 6.57. The molecule has 1 aromatic carbocycles. The largest absolute Gasteiger partial charge is 0.496 e. The van der Waals surface area contributed by atoms with Crippen molar-refractivity contribution in [2.24, 2.45) is 11.1 Å². The third-order valence-electron chi connectivity index (χ3n) is 4.91. The number of hydrogen-bond acceptors (Lipinski definition) is 2. The van der Waals surface area contributed by atoms with Crippen molar-refractivity contribution in [2.75, 3.05) is 13.7 Å². The number of nitrogens with two attached hydrogens (primary N) is 1. The molecule has 0 unspecified atom stereocenters. The van der Waals surface area contributed by atoms with Crippen LogP contribution in [0, 0.1) is 5.41 Å². The molecule has 1 spiro atoms. The molecule has 0 aromatic heterocycles. The number of ether oxygens (including phenoxy) is 1. The van der Waals surface area contributed by atoms with Gasteiger partial charge in [0.05, 0.1) is 7.11 Å². The summed E-state index contributed by atoms with van der Waals surface area (Å²) in [6.45, 7) is 0.745. The first-order valence-electron chi connectivity index (χ1n) is 6.57. The van der Waals surface area contributed by atoms with E-state index >= 15 is 0 Å². The third-order valence-corrected chi connectivity index (χ3v) is 4.91. The van der Waals surface area contributed by atoms with Gasteiger partial charge in [-0.3, -0.25) is 0 Å². The smallest absolute Gasteiger partial charge is 0.122 e. The summed E-state index contributed by atoms with van der Waals surface area (Å²) in [7, 11) is 1.75. The summed E-state index contributed by atoms with van der Waals surface area (Å²) < 4.78 is 5.49. The molecule has 1 aromatic rings. The van der Waals surface area contributed by atoms with Gasteiger partial charge >= 0.3 is 0 Å². The predicted octanol–water partition coefficient (Wildman–Crippen LogP) is 2.86. The third kappa shape index (κ3) is 1.50. The normalized spacial score (nSPS) is 23.9. The highest BCUT2D eigenvalue weighted by Gasteiger charge is 2.57. The zero-order valence-corrected chi connectivity index (χ0v) is 10.5. The Kier molecular flexibility index (Phi) is 2.44. The van der Waals surface area contributed by atoms with Crippen molar-refractivity contribution in [1.29, 1.82) is 0 Å². The maximum atomic E-state index is 6.07. The molecule has 2 N–H and O–H groups in total. The average molecular weight is 231 g/mol. The van der Waals surface area contributed by atoms with Crippen LogP contribution in [-0.4, -0.2) is 13.7 Å². The van der Waals surface area contributed by atoms with Crippen LogP contribution in [0.15, 0.2) is 24.3 Å². The molecule has 3 rings (SSSR count). The quantitative estimate of drug-likeness (QED) is 0.868. The molecule has 0 atom stereocenters. The fourth-order valence-electron chi connectivity index (χ4n) is 3.94. The number of para-hydroxylation sites is 1. The maximum Gasteiger partial charge on any atom is 0.122 e. The molecule has 2 heteroatoms. The fourth-order valence-corrected chi connectivity index (χ4v) is 3.94. The molecule has 0 amide bonds. The van der Waals surface area contributed by atoms with Gasteiger partial charge in [-0.15, -0.1) is 0 Å². The zero-order chi connectivity index (χ0) is 11.9. The monoisotopic (exact) mass is 231 g/mol. The second-order valence-corrected chi connectivity index (χ2v) is 5.89. The lowest BCUT2D eigenvalue weighted by atomic mass is 9.43. The molecule has 2 nitrogen and oxygen atoms in total. The summed E-state index contributed by atoms with van der Waals surface area (Å²) in [5.74, 6) is 1.01. The Bertz CT molecular complexity index is 415. The van der Waals surface area contributed by atoms with Gasteiger partial charge in [0.25, 0.3) is 0 Å². The van der Waals surface area contributed by atoms with Gasteiger partial charge in [-0.25, -0.2) is 0 Å². The first-order chi connectivity index (χ1) is 8.24. The second-order valence-electron chi connectivity index (χ2n) is 5.89. The Morgan fingerprint density at radius 2 is 1.94 bits per heavy atom. The molecule has 0 bridgehead atoms. The highest BCUT2D eigenvalue weighted by Crippen LogP contribution is 2.65. The number of hydrogen-bond donors (Lipinski definition) is 1. The van der Waals surface area contributed by atoms with Gasteiger partial charge in [0.2, 0.25) is 0 Å². The molecule has 0 aliphatic heterocycles. The van der Waals surface area contributed by atoms with Crippen LogP contribution in [0.5, 0.6) is 5.75 Å². The van der Waals surface area contributed by atoms with Crippen LogP contribution in [0.3, 0.4) is 0 Å². The predicted molar refractivity (Wildman–Crippen MR) is 69.2 cm³/mol. The molecule has 2 aliphatic rings. The summed E-state index contributed by atoms with van der Waals surface area (Å²) in [4.78, 5) is 0. The van der Waals surface area contributed by atoms with E-state index in [4.69, 9.17) is 10.5 Å². The van der Waals surface area contributed by atoms with Crippen LogP contribution >= 0.6 is 0 Å². The van der Waals surface area contributed by atoms with Crippen molar-refractivity contribution in [2.45, 2.75) is 37.5 Å². The number of benzene rings is 1. The lowest BCUT2D eigenvalue weighted by molar-refractivity contribution is -0.0454. The molecule has 2 aliphatic carbocycles. The van der Waals surface area contributed by atoms with Crippen molar-refractivity contribution < 1.29 is 4.74 Å². The summed E-state index contributed by atoms with van der Waals surface area (Å²) in [5.41, 5.74) is 8.22. The Hall–Kier alpha value is -1.02. The van der Waals surface area contributed by atoms with E-state index in [9.17, 15) is 0 Å². The molecule has 2 fully saturated rings. The molecule has 17 heavy (non-hydrogen) atoms. The van der Waals surface area contributed by atoms with Gasteiger partial charge in [-0.1, -0.05) is 24.6 Å². The van der Waals surface area contributed by atoms with Gasteiger partial charge in [0.15, 0.2) is 0 Å². The van der Waals surface area contributed by atoms with Gasteiger partial charge in [-0.2, -0.15) is 0 Å². The summed E-state index contributed by atoms with van der Waals surface area (Å²) in [6, 6.07) is 8.38. The minimum Gasteiger partial charge on any atom is -0.496 e. The maximum absolute atomic E-state index is 6.07. The Morgan fingerprint density at radius 3 is 2.47 bits per heavy atom. The zero-order valence-electron chi connectivity index (χ0n) is 10.5. The van der Waals surface area contributed by atoms with Crippen molar-refractivity contribution in [3.05, 3.63) is 29.8 Å². The van der Waals surface area contributed by atoms with E-state index in [0.717, 1.165) is 12.3 Å². The molecular formula is C15H21NO. The van der Waals surface area contributed by atoms with E-state index in [0.29, 0.717) is 5.41 Å². The van der Waals surface area contributed by atoms with Crippen molar-refractivity contribution in [1.82, 2.24) is 0 Å². The average Bonchev–Trinajstić information content (AvgIpc) is 2.27. The highest BCUT2D eigenvalue weighted by atomic mass is 16.5. The van der Waals surface area contributed by atoms with Crippen molar-refractivity contribution in [3.63, 3.8) is 0 Å². The van der Waals surface area contributed by atoms with Crippen LogP contribution in [0.2, 0.25) is 0 Å². The van der Waals surface area contributed by atoms with Crippen molar-refractivity contribution in [3.8, 4) is 5.75 Å². The number of methoxy groups -OCH3 is 1. The molecule has 92 valence electrons. The van der Waals surface area contributed by atoms with Crippen LogP contribution in [0.1, 0.15) is 37.7 Å². The van der Waals surface area contributed by atoms with E-state index in [1.54, 1.807) is 7.11 Å². The first kappa shape index (κ1) is 11.1. The van der Waals surface area contributed by atoms with Gasteiger partial charge in [0.1, 0.15) is 5.75 Å². The van der Waals surface area contributed by atoms with Gasteiger partial charge < -0.3 is 10.5 Å². The second kappa shape index (κ2) is 3.74. The molecule has 0 heterocycles. The molecule has 2 saturated carbocycles. The Morgan fingerprint density at radius 1 is 1.24 bits per heavy atom. The molecule has 0 radical (unpaired) electrons. The SMILES string of the molecule is COc1ccccc1C1(CN)CC2(CCC2)C1. The van der Waals surface area contributed by atoms with Crippen LogP contribution in [0.25, 0.3) is 0 Å². The van der Waals surface area contributed by atoms with E-state index in [1.165, 1.54) is 37.7 Å². The van der Waals surface area contributed by atoms with E-state index in [2.05, 4.69) is 18.2 Å². The van der Waals surface area contributed by atoms with E-state index in [-0.39, 0.29) is 5.41 Å². The topological polar surface area (TPSA) is 35.2 Å². The fraction of sp³-hybridized carbons (Fsp3) is 0.600. The lowest BCUT2D eigenvalue weighted by Gasteiger charge is -2.61. The summed E-state index contributed by atoms with van der Waals surface area (Å²) in [6.07, 6.45) is 6.74. The van der Waals surface area contributed by atoms with Gasteiger partial charge in [-0.05, 0) is 37.2 Å². The minimum atomic E-state index is 0.188. The van der Waals surface area contributed by atoms with Crippen LogP contribution in [-0.2, 0) is 5.41 Å². The Labute approximate surface area is 103 Å². The number of rotatable bonds is 3. The van der Waals surface area contributed by atoms with E-state index in [1.807, 2.05) is 6.07 Å². The van der Waals surface area contributed by atoms with Crippen LogP contribution < -0.4 is 10.5 Å². The van der Waals surface area contributed by atoms with Gasteiger partial charge in [0, 0.05) is 17.5 Å². The Balaban J connectivity index is 1.91. The highest BCUT2D eigenvalue weighted by molar-refractivity contribution is 5.43. The van der Waals surface area contributed by atoms with Crippen molar-refractivity contribution >= 4 is 0 Å². The summed E-state index contributed by atoms with van der Waals surface area (Å²) >= 11 is 0. The minimum absolute atomic E-state index is 0.188. The van der Waals surface area contributed by atoms with Crippen LogP contribution in [0.4, 0.5) is 0 Å². The molecule has 0 saturated heterocycles. The lowest BCUT2D eigenvalue weighted by Crippen LogP contribution is -2.56. The molecular weight excluding hydrogens is 210 g/mol.